The van der Waals surface area contributed by atoms with Crippen molar-refractivity contribution >= 4 is 0 Å². The summed E-state index contributed by atoms with van der Waals surface area (Å²) in [7, 11) is 1.71. The fourth-order valence-electron chi connectivity index (χ4n) is 3.03. The van der Waals surface area contributed by atoms with Crippen molar-refractivity contribution < 1.29 is 4.74 Å². The summed E-state index contributed by atoms with van der Waals surface area (Å²) in [5.74, 6) is 0.752. The van der Waals surface area contributed by atoms with Crippen LogP contribution in [0.15, 0.2) is 4.79 Å². The average molecular weight is 248 g/mol. The number of hydrogen-bond donors (Lipinski definition) is 1. The van der Waals surface area contributed by atoms with Gasteiger partial charge >= 0.3 is 0 Å². The molecule has 0 amide bonds. The van der Waals surface area contributed by atoms with Crippen LogP contribution >= 0.6 is 0 Å². The Bertz CT molecular complexity index is 497. The monoisotopic (exact) mass is 248 g/mol. The molecule has 0 radical (unpaired) electrons. The van der Waals surface area contributed by atoms with Crippen molar-refractivity contribution in [2.45, 2.75) is 57.0 Å². The molecular weight excluding hydrogens is 228 g/mol. The molecule has 2 aliphatic rings. The second-order valence-corrected chi connectivity index (χ2v) is 5.45. The van der Waals surface area contributed by atoms with Crippen LogP contribution < -0.4 is 5.56 Å². The molecular formula is C14H20N2O2. The predicted octanol–water partition coefficient (Wildman–Crippen LogP) is 2.06. The van der Waals surface area contributed by atoms with Gasteiger partial charge in [-0.25, -0.2) is 4.98 Å². The Balaban J connectivity index is 2.05. The molecule has 1 aromatic heterocycles. The number of aromatic nitrogens is 2. The van der Waals surface area contributed by atoms with E-state index < -0.39 is 0 Å². The molecule has 0 bridgehead atoms. The first kappa shape index (κ1) is 11.9. The van der Waals surface area contributed by atoms with Crippen molar-refractivity contribution in [1.29, 1.82) is 0 Å². The van der Waals surface area contributed by atoms with Gasteiger partial charge in [0.05, 0.1) is 5.69 Å². The highest BCUT2D eigenvalue weighted by Gasteiger charge is 2.41. The molecule has 2 aliphatic carbocycles. The molecule has 1 saturated carbocycles. The van der Waals surface area contributed by atoms with Crippen LogP contribution in [0.4, 0.5) is 0 Å². The van der Waals surface area contributed by atoms with Gasteiger partial charge in [0, 0.05) is 12.7 Å². The van der Waals surface area contributed by atoms with E-state index >= 15 is 0 Å². The van der Waals surface area contributed by atoms with E-state index in [-0.39, 0.29) is 11.2 Å². The molecule has 0 spiro atoms. The van der Waals surface area contributed by atoms with Crippen LogP contribution in [-0.4, -0.2) is 17.1 Å². The molecule has 1 heterocycles. The van der Waals surface area contributed by atoms with Crippen molar-refractivity contribution in [2.24, 2.45) is 0 Å². The number of nitrogens with zero attached hydrogens (tertiary/aromatic N) is 1. The van der Waals surface area contributed by atoms with Gasteiger partial charge in [0.1, 0.15) is 11.4 Å². The van der Waals surface area contributed by atoms with Crippen LogP contribution in [0.3, 0.4) is 0 Å². The minimum Gasteiger partial charge on any atom is -0.370 e. The summed E-state index contributed by atoms with van der Waals surface area (Å²) < 4.78 is 5.60. The Hall–Kier alpha value is -1.16. The van der Waals surface area contributed by atoms with Crippen LogP contribution in [0.25, 0.3) is 0 Å². The fourth-order valence-corrected chi connectivity index (χ4v) is 3.03. The number of hydrogen-bond acceptors (Lipinski definition) is 3. The molecule has 18 heavy (non-hydrogen) atoms. The lowest BCUT2D eigenvalue weighted by atomic mass is 9.79. The van der Waals surface area contributed by atoms with Crippen molar-refractivity contribution in [3.8, 4) is 0 Å². The minimum atomic E-state index is -0.319. The van der Waals surface area contributed by atoms with E-state index in [9.17, 15) is 4.79 Å². The normalized spacial score (nSPS) is 21.8. The third-order valence-corrected chi connectivity index (χ3v) is 4.43. The van der Waals surface area contributed by atoms with Crippen molar-refractivity contribution in [1.82, 2.24) is 9.97 Å². The van der Waals surface area contributed by atoms with E-state index in [0.29, 0.717) is 0 Å². The summed E-state index contributed by atoms with van der Waals surface area (Å²) in [5.41, 5.74) is 1.65. The summed E-state index contributed by atoms with van der Waals surface area (Å²) in [6, 6.07) is 0. The van der Waals surface area contributed by atoms with Crippen molar-refractivity contribution in [2.75, 3.05) is 7.11 Å². The fraction of sp³-hybridized carbons (Fsp3) is 0.714. The van der Waals surface area contributed by atoms with Crippen LogP contribution in [0.2, 0.25) is 0 Å². The Morgan fingerprint density at radius 3 is 2.61 bits per heavy atom. The van der Waals surface area contributed by atoms with Gasteiger partial charge < -0.3 is 9.72 Å². The number of rotatable bonds is 2. The average Bonchev–Trinajstić information content (AvgIpc) is 2.54. The van der Waals surface area contributed by atoms with Gasteiger partial charge in [-0.3, -0.25) is 4.79 Å². The smallest absolute Gasteiger partial charge is 0.254 e. The third kappa shape index (κ3) is 1.79. The Kier molecular flexibility index (Phi) is 2.98. The molecule has 4 nitrogen and oxygen atoms in total. The maximum atomic E-state index is 12.2. The quantitative estimate of drug-likeness (QED) is 0.815. The lowest BCUT2D eigenvalue weighted by Gasteiger charge is -2.39. The lowest BCUT2D eigenvalue weighted by molar-refractivity contribution is -0.0849. The van der Waals surface area contributed by atoms with Crippen LogP contribution in [-0.2, 0) is 23.2 Å². The summed E-state index contributed by atoms with van der Waals surface area (Å²) in [6.07, 6.45) is 8.32. The highest BCUT2D eigenvalue weighted by atomic mass is 16.5. The van der Waals surface area contributed by atoms with Crippen LogP contribution in [0.1, 0.15) is 55.6 Å². The standard InChI is InChI=1S/C14H20N2O2/c1-18-14(8-5-9-14)13-15-11-7-4-2-3-6-10(11)12(17)16-13/h2-9H2,1H3,(H,15,16,17). The molecule has 0 aliphatic heterocycles. The number of ether oxygens (including phenoxy) is 1. The maximum absolute atomic E-state index is 12.2. The number of aryl methyl sites for hydroxylation is 1. The molecule has 0 unspecified atom stereocenters. The molecule has 0 aromatic carbocycles. The molecule has 1 aromatic rings. The highest BCUT2D eigenvalue weighted by Crippen LogP contribution is 2.42. The zero-order valence-electron chi connectivity index (χ0n) is 10.9. The van der Waals surface area contributed by atoms with E-state index in [1.54, 1.807) is 7.11 Å². The summed E-state index contributed by atoms with van der Waals surface area (Å²) in [4.78, 5) is 19.9. The van der Waals surface area contributed by atoms with Crippen LogP contribution in [0, 0.1) is 0 Å². The Morgan fingerprint density at radius 1 is 1.17 bits per heavy atom. The van der Waals surface area contributed by atoms with Gasteiger partial charge in [-0.15, -0.1) is 0 Å². The topological polar surface area (TPSA) is 55.0 Å². The first-order chi connectivity index (χ1) is 8.75. The number of fused-ring (bicyclic) bond motifs is 1. The van der Waals surface area contributed by atoms with Gasteiger partial charge in [-0.05, 0) is 44.9 Å². The molecule has 1 N–H and O–H groups in total. The number of methoxy groups -OCH3 is 1. The number of nitrogens with one attached hydrogen (secondary N) is 1. The molecule has 0 saturated heterocycles. The minimum absolute atomic E-state index is 0.0558. The molecule has 3 rings (SSSR count). The molecule has 4 heteroatoms. The summed E-state index contributed by atoms with van der Waals surface area (Å²) in [5, 5.41) is 0. The van der Waals surface area contributed by atoms with Gasteiger partial charge in [0.15, 0.2) is 0 Å². The van der Waals surface area contributed by atoms with Gasteiger partial charge in [-0.2, -0.15) is 0 Å². The Morgan fingerprint density at radius 2 is 1.94 bits per heavy atom. The van der Waals surface area contributed by atoms with E-state index in [4.69, 9.17) is 9.72 Å². The Labute approximate surface area is 107 Å². The van der Waals surface area contributed by atoms with E-state index in [2.05, 4.69) is 4.98 Å². The van der Waals surface area contributed by atoms with E-state index in [1.165, 1.54) is 6.42 Å². The summed E-state index contributed by atoms with van der Waals surface area (Å²) in [6.45, 7) is 0. The van der Waals surface area contributed by atoms with E-state index in [1.807, 2.05) is 0 Å². The molecule has 0 atom stereocenters. The van der Waals surface area contributed by atoms with Gasteiger partial charge in [0.2, 0.25) is 0 Å². The van der Waals surface area contributed by atoms with E-state index in [0.717, 1.165) is 62.0 Å². The predicted molar refractivity (Wildman–Crippen MR) is 68.7 cm³/mol. The maximum Gasteiger partial charge on any atom is 0.254 e. The first-order valence-corrected chi connectivity index (χ1v) is 6.93. The number of aromatic amines is 1. The van der Waals surface area contributed by atoms with Crippen LogP contribution in [0.5, 0.6) is 0 Å². The summed E-state index contributed by atoms with van der Waals surface area (Å²) >= 11 is 0. The number of H-pyrrole nitrogens is 1. The second kappa shape index (κ2) is 4.50. The highest BCUT2D eigenvalue weighted by molar-refractivity contribution is 5.22. The van der Waals surface area contributed by atoms with Crippen molar-refractivity contribution in [3.63, 3.8) is 0 Å². The lowest BCUT2D eigenvalue weighted by Crippen LogP contribution is -2.40. The molecule has 98 valence electrons. The first-order valence-electron chi connectivity index (χ1n) is 6.93. The van der Waals surface area contributed by atoms with Gasteiger partial charge in [-0.1, -0.05) is 6.42 Å². The third-order valence-electron chi connectivity index (χ3n) is 4.43. The largest absolute Gasteiger partial charge is 0.370 e. The SMILES string of the molecule is COC1(c2nc3c(c(=O)[nH]2)CCCCC3)CCC1. The second-order valence-electron chi connectivity index (χ2n) is 5.45. The van der Waals surface area contributed by atoms with Crippen molar-refractivity contribution in [3.05, 3.63) is 27.4 Å². The van der Waals surface area contributed by atoms with Gasteiger partial charge in [0.25, 0.3) is 5.56 Å². The molecule has 1 fully saturated rings. The zero-order valence-corrected chi connectivity index (χ0v) is 10.9. The zero-order chi connectivity index (χ0) is 12.6.